The third kappa shape index (κ3) is 4.02. The minimum absolute atomic E-state index is 0.000676. The van der Waals surface area contributed by atoms with Gasteiger partial charge < -0.3 is 19.5 Å². The Balaban J connectivity index is 1.46. The summed E-state index contributed by atoms with van der Waals surface area (Å²) in [6, 6.07) is 9.15. The molecule has 2 aliphatic rings. The molecule has 1 N–H and O–H groups in total. The molecule has 0 spiro atoms. The Hall–Kier alpha value is -3.09. The van der Waals surface area contributed by atoms with Crippen LogP contribution in [0.4, 0.5) is 0 Å². The topological polar surface area (TPSA) is 80.5 Å². The fourth-order valence-electron chi connectivity index (χ4n) is 3.33. The highest BCUT2D eigenvalue weighted by molar-refractivity contribution is 5.78. The molecule has 4 rings (SSSR count). The van der Waals surface area contributed by atoms with E-state index in [-0.39, 0.29) is 18.6 Å². The number of amides is 1. The second kappa shape index (κ2) is 8.07. The van der Waals surface area contributed by atoms with Crippen LogP contribution in [-0.2, 0) is 4.79 Å². The van der Waals surface area contributed by atoms with E-state index in [9.17, 15) is 4.79 Å². The maximum atomic E-state index is 12.7. The standard InChI is InChI=1S/C20H22N4O3/c25-18(14-26-16-8-2-1-3-9-16)24-12-5-4-10-17(24)20-22-19(23-27-20)15-7-6-11-21-13-15/h1-3,6-9,13,17,21H,4-5,10-12,14H2/t17-/m1/s1. The molecule has 1 aromatic heterocycles. The highest BCUT2D eigenvalue weighted by atomic mass is 16.5. The zero-order chi connectivity index (χ0) is 18.5. The third-order valence-corrected chi connectivity index (χ3v) is 4.70. The molecule has 1 aromatic carbocycles. The van der Waals surface area contributed by atoms with E-state index in [1.165, 1.54) is 0 Å². The Bertz CT molecular complexity index is 844. The van der Waals surface area contributed by atoms with E-state index in [1.807, 2.05) is 48.7 Å². The number of nitrogens with one attached hydrogen (secondary N) is 1. The number of ether oxygens (including phenoxy) is 1. The van der Waals surface area contributed by atoms with Crippen LogP contribution in [0.3, 0.4) is 0 Å². The quantitative estimate of drug-likeness (QED) is 0.876. The summed E-state index contributed by atoms with van der Waals surface area (Å²) in [5, 5.41) is 7.22. The van der Waals surface area contributed by atoms with Gasteiger partial charge in [0.1, 0.15) is 11.8 Å². The highest BCUT2D eigenvalue weighted by Crippen LogP contribution is 2.31. The van der Waals surface area contributed by atoms with Crippen molar-refractivity contribution >= 4 is 11.5 Å². The third-order valence-electron chi connectivity index (χ3n) is 4.70. The number of hydrogen-bond acceptors (Lipinski definition) is 6. The van der Waals surface area contributed by atoms with Crippen molar-refractivity contribution in [2.24, 2.45) is 0 Å². The van der Waals surface area contributed by atoms with Crippen molar-refractivity contribution in [1.82, 2.24) is 20.4 Å². The summed E-state index contributed by atoms with van der Waals surface area (Å²) in [5.41, 5.74) is 0.873. The first-order valence-corrected chi connectivity index (χ1v) is 9.22. The number of para-hydroxylation sites is 1. The lowest BCUT2D eigenvalue weighted by Crippen LogP contribution is -2.41. The Morgan fingerprint density at radius 1 is 1.30 bits per heavy atom. The number of allylic oxidation sites excluding steroid dienone is 2. The number of dihydropyridines is 1. The van der Waals surface area contributed by atoms with Gasteiger partial charge in [-0.05, 0) is 31.4 Å². The molecule has 0 aliphatic carbocycles. The number of nitrogens with zero attached hydrogens (tertiary/aromatic N) is 3. The normalized spacial score (nSPS) is 19.3. The zero-order valence-electron chi connectivity index (χ0n) is 15.0. The molecule has 1 amide bonds. The molecule has 0 bridgehead atoms. The molecule has 3 heterocycles. The van der Waals surface area contributed by atoms with Crippen LogP contribution in [-0.4, -0.2) is 40.6 Å². The summed E-state index contributed by atoms with van der Waals surface area (Å²) < 4.78 is 11.1. The van der Waals surface area contributed by atoms with E-state index in [0.29, 0.717) is 24.0 Å². The van der Waals surface area contributed by atoms with E-state index in [0.717, 1.165) is 31.4 Å². The smallest absolute Gasteiger partial charge is 0.261 e. The van der Waals surface area contributed by atoms with Gasteiger partial charge in [0, 0.05) is 24.9 Å². The molecule has 0 saturated carbocycles. The van der Waals surface area contributed by atoms with Gasteiger partial charge in [-0.25, -0.2) is 0 Å². The molecular formula is C20H22N4O3. The van der Waals surface area contributed by atoms with Gasteiger partial charge in [-0.3, -0.25) is 4.79 Å². The van der Waals surface area contributed by atoms with Crippen LogP contribution >= 0.6 is 0 Å². The predicted molar refractivity (Wildman–Crippen MR) is 99.7 cm³/mol. The fraction of sp³-hybridized carbons (Fsp3) is 0.350. The summed E-state index contributed by atoms with van der Waals surface area (Å²) >= 11 is 0. The number of carbonyl (C=O) groups is 1. The SMILES string of the molecule is O=C(COc1ccccc1)N1CCCC[C@@H]1c1nc(C2=CNCC=C2)no1. The minimum atomic E-state index is -0.201. The molecule has 0 radical (unpaired) electrons. The first-order valence-electron chi connectivity index (χ1n) is 9.22. The van der Waals surface area contributed by atoms with E-state index in [4.69, 9.17) is 9.26 Å². The molecule has 0 unspecified atom stereocenters. The molecule has 7 nitrogen and oxygen atoms in total. The summed E-state index contributed by atoms with van der Waals surface area (Å²) in [6.07, 6.45) is 8.63. The maximum Gasteiger partial charge on any atom is 0.261 e. The van der Waals surface area contributed by atoms with Crippen molar-refractivity contribution in [1.29, 1.82) is 0 Å². The molecule has 27 heavy (non-hydrogen) atoms. The van der Waals surface area contributed by atoms with Gasteiger partial charge in [0.05, 0.1) is 0 Å². The lowest BCUT2D eigenvalue weighted by molar-refractivity contribution is -0.138. The van der Waals surface area contributed by atoms with Gasteiger partial charge in [0.2, 0.25) is 11.7 Å². The van der Waals surface area contributed by atoms with Gasteiger partial charge >= 0.3 is 0 Å². The Morgan fingerprint density at radius 3 is 3.00 bits per heavy atom. The Labute approximate surface area is 157 Å². The van der Waals surface area contributed by atoms with Crippen LogP contribution in [0.25, 0.3) is 5.57 Å². The van der Waals surface area contributed by atoms with Crippen molar-refractivity contribution in [3.05, 3.63) is 60.4 Å². The lowest BCUT2D eigenvalue weighted by atomic mass is 10.0. The monoisotopic (exact) mass is 366 g/mol. The Kier molecular flexibility index (Phi) is 5.18. The molecule has 2 aliphatic heterocycles. The van der Waals surface area contributed by atoms with Crippen molar-refractivity contribution in [3.8, 4) is 5.75 Å². The van der Waals surface area contributed by atoms with Crippen LogP contribution in [0.5, 0.6) is 5.75 Å². The summed E-state index contributed by atoms with van der Waals surface area (Å²) in [7, 11) is 0. The maximum absolute atomic E-state index is 12.7. The number of piperidine rings is 1. The van der Waals surface area contributed by atoms with Gasteiger partial charge in [0.25, 0.3) is 5.91 Å². The van der Waals surface area contributed by atoms with E-state index >= 15 is 0 Å². The van der Waals surface area contributed by atoms with Crippen molar-refractivity contribution in [2.45, 2.75) is 25.3 Å². The van der Waals surface area contributed by atoms with Crippen molar-refractivity contribution < 1.29 is 14.1 Å². The molecule has 7 heteroatoms. The summed E-state index contributed by atoms with van der Waals surface area (Å²) in [6.45, 7) is 1.46. The molecule has 1 fully saturated rings. The molecule has 2 aromatic rings. The lowest BCUT2D eigenvalue weighted by Gasteiger charge is -2.33. The van der Waals surface area contributed by atoms with Gasteiger partial charge in [0.15, 0.2) is 6.61 Å². The van der Waals surface area contributed by atoms with Crippen molar-refractivity contribution in [3.63, 3.8) is 0 Å². The summed E-state index contributed by atoms with van der Waals surface area (Å²) in [5.74, 6) is 1.63. The first kappa shape index (κ1) is 17.3. The van der Waals surface area contributed by atoms with E-state index in [2.05, 4.69) is 15.5 Å². The zero-order valence-corrected chi connectivity index (χ0v) is 15.0. The van der Waals surface area contributed by atoms with Crippen LogP contribution in [0.2, 0.25) is 0 Å². The van der Waals surface area contributed by atoms with Gasteiger partial charge in [-0.2, -0.15) is 4.98 Å². The largest absolute Gasteiger partial charge is 0.484 e. The highest BCUT2D eigenvalue weighted by Gasteiger charge is 2.32. The second-order valence-electron chi connectivity index (χ2n) is 6.57. The van der Waals surface area contributed by atoms with Gasteiger partial charge in [-0.15, -0.1) is 0 Å². The van der Waals surface area contributed by atoms with Crippen LogP contribution in [0.1, 0.15) is 37.0 Å². The van der Waals surface area contributed by atoms with Crippen LogP contribution < -0.4 is 10.1 Å². The molecule has 1 saturated heterocycles. The summed E-state index contributed by atoms with van der Waals surface area (Å²) in [4.78, 5) is 19.1. The van der Waals surface area contributed by atoms with E-state index < -0.39 is 0 Å². The van der Waals surface area contributed by atoms with Crippen LogP contribution in [0.15, 0.2) is 53.2 Å². The first-order chi connectivity index (χ1) is 13.3. The number of rotatable bonds is 5. The predicted octanol–water partition coefficient (Wildman–Crippen LogP) is 2.70. The molecule has 140 valence electrons. The van der Waals surface area contributed by atoms with Crippen molar-refractivity contribution in [2.75, 3.05) is 19.7 Å². The molecular weight excluding hydrogens is 344 g/mol. The minimum Gasteiger partial charge on any atom is -0.484 e. The number of aromatic nitrogens is 2. The van der Waals surface area contributed by atoms with Gasteiger partial charge in [-0.1, -0.05) is 35.5 Å². The number of carbonyl (C=O) groups excluding carboxylic acids is 1. The fourth-order valence-corrected chi connectivity index (χ4v) is 3.33. The molecule has 1 atom stereocenters. The van der Waals surface area contributed by atoms with E-state index in [1.54, 1.807) is 4.90 Å². The Morgan fingerprint density at radius 2 is 2.19 bits per heavy atom. The average molecular weight is 366 g/mol. The second-order valence-corrected chi connectivity index (χ2v) is 6.57. The number of likely N-dealkylation sites (tertiary alicyclic amines) is 1. The van der Waals surface area contributed by atoms with Crippen LogP contribution in [0, 0.1) is 0 Å². The number of benzene rings is 1. The average Bonchev–Trinajstić information content (AvgIpc) is 3.23. The number of hydrogen-bond donors (Lipinski definition) is 1.